The lowest BCUT2D eigenvalue weighted by molar-refractivity contribution is -0.0947. The highest BCUT2D eigenvalue weighted by Gasteiger charge is 2.42. The van der Waals surface area contributed by atoms with Gasteiger partial charge in [0, 0.05) is 12.7 Å². The number of aromatic nitrogens is 2. The summed E-state index contributed by atoms with van der Waals surface area (Å²) in [5, 5.41) is 0.748. The Morgan fingerprint density at radius 3 is 2.11 bits per heavy atom. The first-order valence-corrected chi connectivity index (χ1v) is 7.47. The van der Waals surface area contributed by atoms with Crippen LogP contribution < -0.4 is 0 Å². The second-order valence-electron chi connectivity index (χ2n) is 5.93. The fraction of sp³-hybridized carbons (Fsp3) is 0.714. The Morgan fingerprint density at radius 1 is 1.11 bits per heavy atom. The van der Waals surface area contributed by atoms with Gasteiger partial charge in [0.25, 0.3) is 0 Å². The van der Waals surface area contributed by atoms with E-state index in [2.05, 4.69) is 23.8 Å². The molecule has 3 nitrogen and oxygen atoms in total. The summed E-state index contributed by atoms with van der Waals surface area (Å²) in [6, 6.07) is 1.55. The van der Waals surface area contributed by atoms with Crippen LogP contribution in [0.1, 0.15) is 52.3 Å². The highest BCUT2D eigenvalue weighted by Crippen LogP contribution is 2.46. The van der Waals surface area contributed by atoms with E-state index in [1.165, 1.54) is 0 Å². The van der Waals surface area contributed by atoms with E-state index >= 15 is 0 Å². The predicted molar refractivity (Wildman–Crippen MR) is 77.6 cm³/mol. The molecule has 1 heterocycles. The summed E-state index contributed by atoms with van der Waals surface area (Å²) in [4.78, 5) is 8.68. The summed E-state index contributed by atoms with van der Waals surface area (Å²) >= 11 is 12.0. The molecule has 106 valence electrons. The van der Waals surface area contributed by atoms with Crippen LogP contribution in [-0.4, -0.2) is 16.6 Å². The summed E-state index contributed by atoms with van der Waals surface area (Å²) in [7, 11) is 0. The van der Waals surface area contributed by atoms with Gasteiger partial charge in [0.2, 0.25) is 0 Å². The third-order valence-corrected chi connectivity index (χ3v) is 4.29. The predicted octanol–water partition coefficient (Wildman–Crippen LogP) is 4.62. The number of halogens is 2. The van der Waals surface area contributed by atoms with E-state index in [0.29, 0.717) is 28.2 Å². The van der Waals surface area contributed by atoms with Crippen molar-refractivity contribution < 1.29 is 4.74 Å². The van der Waals surface area contributed by atoms with E-state index in [1.807, 2.05) is 6.92 Å². The lowest BCUT2D eigenvalue weighted by Gasteiger charge is -2.42. The molecule has 1 aliphatic carbocycles. The van der Waals surface area contributed by atoms with Crippen molar-refractivity contribution in [2.45, 2.75) is 52.1 Å². The maximum absolute atomic E-state index is 6.02. The van der Waals surface area contributed by atoms with Gasteiger partial charge in [0.05, 0.1) is 0 Å². The number of ether oxygens (including phenoxy) is 1. The number of hydrogen-bond acceptors (Lipinski definition) is 3. The molecule has 1 fully saturated rings. The lowest BCUT2D eigenvalue weighted by Crippen LogP contribution is -2.39. The van der Waals surface area contributed by atoms with E-state index in [9.17, 15) is 0 Å². The Morgan fingerprint density at radius 2 is 1.63 bits per heavy atom. The van der Waals surface area contributed by atoms with E-state index in [4.69, 9.17) is 27.9 Å². The molecule has 0 saturated heterocycles. The van der Waals surface area contributed by atoms with Crippen molar-refractivity contribution in [1.29, 1.82) is 0 Å². The minimum absolute atomic E-state index is 0.350. The zero-order chi connectivity index (χ0) is 14.1. The smallest absolute Gasteiger partial charge is 0.163 e. The Hall–Kier alpha value is -0.380. The molecular weight excluding hydrogens is 283 g/mol. The number of rotatable bonds is 3. The van der Waals surface area contributed by atoms with Gasteiger partial charge >= 0.3 is 0 Å². The molecular formula is C14H20Cl2N2O. The van der Waals surface area contributed by atoms with Crippen LogP contribution in [-0.2, 0) is 10.3 Å². The van der Waals surface area contributed by atoms with Gasteiger partial charge in [-0.05, 0) is 38.0 Å². The highest BCUT2D eigenvalue weighted by molar-refractivity contribution is 6.33. The molecule has 0 unspecified atom stereocenters. The molecule has 0 aromatic carbocycles. The summed E-state index contributed by atoms with van der Waals surface area (Å²) in [6.07, 6.45) is 3.98. The van der Waals surface area contributed by atoms with Crippen LogP contribution in [0.2, 0.25) is 10.3 Å². The van der Waals surface area contributed by atoms with Crippen LogP contribution in [0.5, 0.6) is 0 Å². The van der Waals surface area contributed by atoms with E-state index in [-0.39, 0.29) is 0 Å². The highest BCUT2D eigenvalue weighted by atomic mass is 35.5. The molecule has 1 saturated carbocycles. The van der Waals surface area contributed by atoms with Gasteiger partial charge in [0.1, 0.15) is 15.9 Å². The Balaban J connectivity index is 2.34. The fourth-order valence-corrected chi connectivity index (χ4v) is 3.06. The third-order valence-electron chi connectivity index (χ3n) is 3.90. The van der Waals surface area contributed by atoms with Crippen molar-refractivity contribution in [1.82, 2.24) is 9.97 Å². The van der Waals surface area contributed by atoms with Crippen molar-refractivity contribution in [3.8, 4) is 0 Å². The molecule has 0 amide bonds. The Kier molecular flexibility index (Phi) is 4.38. The van der Waals surface area contributed by atoms with Crippen molar-refractivity contribution in [2.24, 2.45) is 5.41 Å². The van der Waals surface area contributed by atoms with Crippen molar-refractivity contribution in [3.05, 3.63) is 22.2 Å². The molecule has 0 radical (unpaired) electrons. The lowest BCUT2D eigenvalue weighted by atomic mass is 9.70. The molecule has 0 spiro atoms. The first-order chi connectivity index (χ1) is 8.87. The maximum atomic E-state index is 6.02. The SMILES string of the molecule is CCOC1(c2nc(Cl)cc(Cl)n2)CCC(C)(C)CC1. The zero-order valence-electron chi connectivity index (χ0n) is 11.7. The largest absolute Gasteiger partial charge is 0.367 e. The van der Waals surface area contributed by atoms with Crippen LogP contribution in [0, 0.1) is 5.41 Å². The number of nitrogens with zero attached hydrogens (tertiary/aromatic N) is 2. The standard InChI is InChI=1S/C14H20Cl2N2O/c1-4-19-14(7-5-13(2,3)6-8-14)12-17-10(15)9-11(16)18-12/h9H,4-8H2,1-3H3. The third kappa shape index (κ3) is 3.39. The number of hydrogen-bond donors (Lipinski definition) is 0. The molecule has 0 atom stereocenters. The molecule has 1 aromatic rings. The summed E-state index contributed by atoms with van der Waals surface area (Å²) in [5.41, 5.74) is -0.0816. The minimum Gasteiger partial charge on any atom is -0.367 e. The van der Waals surface area contributed by atoms with Crippen molar-refractivity contribution in [3.63, 3.8) is 0 Å². The van der Waals surface area contributed by atoms with Gasteiger partial charge in [-0.25, -0.2) is 9.97 Å². The molecule has 5 heteroatoms. The van der Waals surface area contributed by atoms with E-state index in [0.717, 1.165) is 25.7 Å². The Labute approximate surface area is 124 Å². The summed E-state index contributed by atoms with van der Waals surface area (Å²) in [6.45, 7) is 7.20. The first kappa shape index (κ1) is 15.0. The van der Waals surface area contributed by atoms with Gasteiger partial charge in [0.15, 0.2) is 5.82 Å². The quantitative estimate of drug-likeness (QED) is 0.764. The van der Waals surface area contributed by atoms with Crippen molar-refractivity contribution >= 4 is 23.2 Å². The fourth-order valence-electron chi connectivity index (χ4n) is 2.63. The second-order valence-corrected chi connectivity index (χ2v) is 6.70. The molecule has 0 aliphatic heterocycles. The summed E-state index contributed by atoms with van der Waals surface area (Å²) in [5.74, 6) is 0.627. The van der Waals surface area contributed by atoms with E-state index < -0.39 is 5.60 Å². The second kappa shape index (κ2) is 5.55. The topological polar surface area (TPSA) is 35.0 Å². The molecule has 1 aromatic heterocycles. The monoisotopic (exact) mass is 302 g/mol. The molecule has 1 aliphatic rings. The molecule has 0 bridgehead atoms. The maximum Gasteiger partial charge on any atom is 0.163 e. The van der Waals surface area contributed by atoms with Gasteiger partial charge in [-0.15, -0.1) is 0 Å². The average molecular weight is 303 g/mol. The van der Waals surface area contributed by atoms with Crippen molar-refractivity contribution in [2.75, 3.05) is 6.61 Å². The minimum atomic E-state index is -0.432. The van der Waals surface area contributed by atoms with E-state index in [1.54, 1.807) is 6.07 Å². The van der Waals surface area contributed by atoms with Crippen LogP contribution >= 0.6 is 23.2 Å². The molecule has 0 N–H and O–H groups in total. The molecule has 19 heavy (non-hydrogen) atoms. The van der Waals surface area contributed by atoms with Gasteiger partial charge in [-0.1, -0.05) is 37.0 Å². The van der Waals surface area contributed by atoms with Crippen LogP contribution in [0.4, 0.5) is 0 Å². The van der Waals surface area contributed by atoms with Crippen LogP contribution in [0.25, 0.3) is 0 Å². The average Bonchev–Trinajstić information content (AvgIpc) is 2.31. The Bertz CT molecular complexity index is 433. The zero-order valence-corrected chi connectivity index (χ0v) is 13.2. The first-order valence-electron chi connectivity index (χ1n) is 6.71. The molecule has 2 rings (SSSR count). The van der Waals surface area contributed by atoms with Crippen LogP contribution in [0.3, 0.4) is 0 Å². The van der Waals surface area contributed by atoms with Crippen LogP contribution in [0.15, 0.2) is 6.07 Å². The van der Waals surface area contributed by atoms with Gasteiger partial charge < -0.3 is 4.74 Å². The van der Waals surface area contributed by atoms with Gasteiger partial charge in [-0.3, -0.25) is 0 Å². The van der Waals surface area contributed by atoms with Gasteiger partial charge in [-0.2, -0.15) is 0 Å². The summed E-state index contributed by atoms with van der Waals surface area (Å²) < 4.78 is 6.02. The normalized spacial score (nSPS) is 21.3.